The van der Waals surface area contributed by atoms with Crippen LogP contribution in [0, 0.1) is 5.41 Å². The molecule has 0 spiro atoms. The van der Waals surface area contributed by atoms with E-state index in [9.17, 15) is 22.8 Å². The van der Waals surface area contributed by atoms with Gasteiger partial charge in [-0.15, -0.1) is 0 Å². The maximum atomic E-state index is 12.3. The molecule has 0 heterocycles. The molecule has 134 valence electrons. The second-order valence-corrected chi connectivity index (χ2v) is 4.83. The van der Waals surface area contributed by atoms with Crippen LogP contribution in [-0.4, -0.2) is 17.9 Å². The lowest BCUT2D eigenvalue weighted by atomic mass is 9.95. The molecule has 0 aliphatic rings. The Bertz CT molecular complexity index is 442. The van der Waals surface area contributed by atoms with E-state index in [2.05, 4.69) is 18.5 Å². The molecule has 1 amide bonds. The summed E-state index contributed by atoms with van der Waals surface area (Å²) >= 11 is 0. The Kier molecular flexibility index (Phi) is 13.2. The lowest BCUT2D eigenvalue weighted by Crippen LogP contribution is -2.37. The zero-order valence-corrected chi connectivity index (χ0v) is 15.0. The molecule has 0 fully saturated rings. The summed E-state index contributed by atoms with van der Waals surface area (Å²) in [6, 6.07) is 0. The normalized spacial score (nSPS) is 11.1. The quantitative estimate of drug-likeness (QED) is 0.583. The van der Waals surface area contributed by atoms with Crippen molar-refractivity contribution in [2.45, 2.75) is 54.6 Å². The molecule has 1 N–H and O–H groups in total. The highest BCUT2D eigenvalue weighted by Crippen LogP contribution is 2.23. The molecule has 0 aromatic carbocycles. The fourth-order valence-electron chi connectivity index (χ4n) is 0.939. The molecule has 0 aromatic heterocycles. The maximum Gasteiger partial charge on any atom is 0.454 e. The van der Waals surface area contributed by atoms with E-state index in [1.165, 1.54) is 0 Å². The van der Waals surface area contributed by atoms with Crippen LogP contribution in [0.25, 0.3) is 0 Å². The molecule has 0 bridgehead atoms. The molecule has 23 heavy (non-hydrogen) atoms. The minimum absolute atomic E-state index is 0.308. The average molecular weight is 335 g/mol. The molecule has 3 nitrogen and oxygen atoms in total. The summed E-state index contributed by atoms with van der Waals surface area (Å²) in [6.07, 6.45) is -2.79. The third kappa shape index (κ3) is 10.5. The number of carbonyl (C=O) groups is 2. The van der Waals surface area contributed by atoms with Crippen molar-refractivity contribution in [3.05, 3.63) is 36.6 Å². The van der Waals surface area contributed by atoms with Crippen molar-refractivity contribution in [2.75, 3.05) is 0 Å². The summed E-state index contributed by atoms with van der Waals surface area (Å²) in [5, 5.41) is 2.24. The molecule has 0 aliphatic carbocycles. The molecule has 6 heteroatoms. The van der Waals surface area contributed by atoms with E-state index >= 15 is 0 Å². The smallest absolute Gasteiger partial charge is 0.325 e. The van der Waals surface area contributed by atoms with Gasteiger partial charge in [0.15, 0.2) is 0 Å². The van der Waals surface area contributed by atoms with Gasteiger partial charge in [0.05, 0.1) is 5.70 Å². The van der Waals surface area contributed by atoms with E-state index in [-0.39, 0.29) is 5.70 Å². The lowest BCUT2D eigenvalue weighted by Gasteiger charge is -2.20. The molecule has 0 saturated carbocycles. The number of hydrogen-bond acceptors (Lipinski definition) is 2. The van der Waals surface area contributed by atoms with E-state index in [1.807, 2.05) is 27.7 Å². The van der Waals surface area contributed by atoms with Crippen LogP contribution < -0.4 is 5.32 Å². The molecule has 0 aliphatic heterocycles. The second kappa shape index (κ2) is 11.7. The van der Waals surface area contributed by atoms with Gasteiger partial charge in [-0.1, -0.05) is 67.7 Å². The lowest BCUT2D eigenvalue weighted by molar-refractivity contribution is -0.166. The van der Waals surface area contributed by atoms with Crippen molar-refractivity contribution in [1.29, 1.82) is 0 Å². The molecule has 0 atom stereocenters. The fraction of sp³-hybridized carbons (Fsp3) is 0.529. The molecule has 0 saturated heterocycles. The summed E-state index contributed by atoms with van der Waals surface area (Å²) in [5.41, 5.74) is -1.95. The van der Waals surface area contributed by atoms with E-state index in [0.29, 0.717) is 0 Å². The van der Waals surface area contributed by atoms with Gasteiger partial charge < -0.3 is 5.32 Å². The largest absolute Gasteiger partial charge is 0.454 e. The molecular formula is C17H28F3NO2. The first kappa shape index (κ1) is 26.1. The summed E-state index contributed by atoms with van der Waals surface area (Å²) < 4.78 is 36.9. The van der Waals surface area contributed by atoms with Gasteiger partial charge in [-0.2, -0.15) is 13.2 Å². The summed E-state index contributed by atoms with van der Waals surface area (Å²) in [4.78, 5) is 22.8. The molecular weight excluding hydrogens is 307 g/mol. The van der Waals surface area contributed by atoms with Crippen molar-refractivity contribution in [2.24, 2.45) is 5.41 Å². The van der Waals surface area contributed by atoms with Crippen LogP contribution in [0.1, 0.15) is 48.5 Å². The molecule has 0 aromatic rings. The average Bonchev–Trinajstić information content (AvgIpc) is 2.47. The Labute approximate surface area is 137 Å². The zero-order chi connectivity index (χ0) is 19.4. The first-order chi connectivity index (χ1) is 10.4. The monoisotopic (exact) mass is 335 g/mol. The zero-order valence-electron chi connectivity index (χ0n) is 15.0. The Balaban J connectivity index is -0.000000919. The predicted octanol–water partition coefficient (Wildman–Crippen LogP) is 4.96. The van der Waals surface area contributed by atoms with Gasteiger partial charge in [-0.3, -0.25) is 9.59 Å². The number of allylic oxidation sites excluding steroid dienone is 3. The highest BCUT2D eigenvalue weighted by Gasteiger charge is 2.41. The highest BCUT2D eigenvalue weighted by atomic mass is 19.4. The number of rotatable bonds is 4. The summed E-state index contributed by atoms with van der Waals surface area (Å²) in [7, 11) is 0. The van der Waals surface area contributed by atoms with Gasteiger partial charge in [0, 0.05) is 11.0 Å². The van der Waals surface area contributed by atoms with Crippen LogP contribution in [0.3, 0.4) is 0 Å². The van der Waals surface area contributed by atoms with Crippen LogP contribution in [0.15, 0.2) is 36.6 Å². The van der Waals surface area contributed by atoms with E-state index in [4.69, 9.17) is 0 Å². The molecule has 0 rings (SSSR count). The maximum absolute atomic E-state index is 12.3. The second-order valence-electron chi connectivity index (χ2n) is 4.83. The number of halogens is 3. The van der Waals surface area contributed by atoms with Gasteiger partial charge in [-0.05, 0) is 6.08 Å². The standard InChI is InChI=1S/C13H16F3NO2.2C2H6/c1-6-7-9(17-11(19)12(3,4)5)8(2)10(18)13(14,15)16;2*1-2/h6-7H,1-2H2,3-5H3,(H,17,19);2*1-2H3/b9-7+;;. The van der Waals surface area contributed by atoms with Crippen LogP contribution in [0.5, 0.6) is 0 Å². The third-order valence-corrected chi connectivity index (χ3v) is 2.07. The molecule has 0 unspecified atom stereocenters. The van der Waals surface area contributed by atoms with Crippen LogP contribution >= 0.6 is 0 Å². The van der Waals surface area contributed by atoms with Crippen LogP contribution in [0.2, 0.25) is 0 Å². The number of amides is 1. The van der Waals surface area contributed by atoms with Gasteiger partial charge in [-0.25, -0.2) is 0 Å². The fourth-order valence-corrected chi connectivity index (χ4v) is 0.939. The number of nitrogens with one attached hydrogen (secondary N) is 1. The van der Waals surface area contributed by atoms with Crippen LogP contribution in [0.4, 0.5) is 13.2 Å². The number of ketones is 1. The number of Topliss-reactive ketones (excluding diaryl/α,β-unsaturated/α-hetero) is 1. The van der Waals surface area contributed by atoms with Gasteiger partial charge in [0.2, 0.25) is 5.91 Å². The van der Waals surface area contributed by atoms with Gasteiger partial charge in [0.25, 0.3) is 5.78 Å². The first-order valence-electron chi connectivity index (χ1n) is 7.36. The number of carbonyl (C=O) groups excluding carboxylic acids is 2. The SMILES string of the molecule is C=C/C=C(/NC(=O)C(C)(C)C)C(=C)C(=O)C(F)(F)F.CC.CC. The third-order valence-electron chi connectivity index (χ3n) is 2.07. The Morgan fingerprint density at radius 3 is 1.65 bits per heavy atom. The van der Waals surface area contributed by atoms with Gasteiger partial charge >= 0.3 is 6.18 Å². The number of hydrogen-bond donors (Lipinski definition) is 1. The van der Waals surface area contributed by atoms with E-state index in [0.717, 1.165) is 12.2 Å². The molecule has 0 radical (unpaired) electrons. The Morgan fingerprint density at radius 2 is 1.39 bits per heavy atom. The minimum Gasteiger partial charge on any atom is -0.325 e. The first-order valence-corrected chi connectivity index (χ1v) is 7.36. The Morgan fingerprint density at radius 1 is 1.00 bits per heavy atom. The summed E-state index contributed by atoms with van der Waals surface area (Å²) in [5.74, 6) is -2.63. The van der Waals surface area contributed by atoms with Crippen molar-refractivity contribution < 1.29 is 22.8 Å². The van der Waals surface area contributed by atoms with Crippen molar-refractivity contribution in [3.63, 3.8) is 0 Å². The van der Waals surface area contributed by atoms with Crippen molar-refractivity contribution >= 4 is 11.7 Å². The minimum atomic E-state index is -5.04. The highest BCUT2D eigenvalue weighted by molar-refractivity contribution is 6.03. The van der Waals surface area contributed by atoms with Crippen molar-refractivity contribution in [3.8, 4) is 0 Å². The summed E-state index contributed by atoms with van der Waals surface area (Å²) in [6.45, 7) is 19.1. The predicted molar refractivity (Wildman–Crippen MR) is 88.8 cm³/mol. The topological polar surface area (TPSA) is 46.2 Å². The van der Waals surface area contributed by atoms with E-state index < -0.39 is 28.9 Å². The van der Waals surface area contributed by atoms with E-state index in [1.54, 1.807) is 20.8 Å². The Hall–Kier alpha value is -1.85. The number of alkyl halides is 3. The van der Waals surface area contributed by atoms with Crippen molar-refractivity contribution in [1.82, 2.24) is 5.32 Å². The van der Waals surface area contributed by atoms with Gasteiger partial charge in [0.1, 0.15) is 0 Å². The van der Waals surface area contributed by atoms with Crippen LogP contribution in [-0.2, 0) is 9.59 Å².